The highest BCUT2D eigenvalue weighted by molar-refractivity contribution is 5.85. The van der Waals surface area contributed by atoms with Gasteiger partial charge < -0.3 is 14.2 Å². The maximum absolute atomic E-state index is 14.6. The summed E-state index contributed by atoms with van der Waals surface area (Å²) in [5, 5.41) is 0. The second-order valence-corrected chi connectivity index (χ2v) is 10.2. The summed E-state index contributed by atoms with van der Waals surface area (Å²) < 4.78 is 31.0. The number of benzene rings is 2. The summed E-state index contributed by atoms with van der Waals surface area (Å²) in [4.78, 5) is 39.9. The first-order valence-corrected chi connectivity index (χ1v) is 11.8. The van der Waals surface area contributed by atoms with Gasteiger partial charge in [-0.1, -0.05) is 60.7 Å². The first-order valence-electron chi connectivity index (χ1n) is 11.8. The molecule has 2 rings (SSSR count). The molecule has 7 nitrogen and oxygen atoms in total. The van der Waals surface area contributed by atoms with Crippen LogP contribution in [0.25, 0.3) is 0 Å². The van der Waals surface area contributed by atoms with Gasteiger partial charge in [0, 0.05) is 19.9 Å². The zero-order valence-electron chi connectivity index (χ0n) is 21.8. The number of hydrogen-bond acceptors (Lipinski definition) is 6. The van der Waals surface area contributed by atoms with Crippen molar-refractivity contribution in [2.24, 2.45) is 0 Å². The van der Waals surface area contributed by atoms with E-state index in [1.807, 2.05) is 24.3 Å². The van der Waals surface area contributed by atoms with Gasteiger partial charge >= 0.3 is 18.0 Å². The zero-order chi connectivity index (χ0) is 26.9. The standard InChI is InChI=1S/C28H36FNO6/c1-27(2,3)36-26(33)30(6)22(18-28(4,5)29)24(31)35-23(17-20-13-9-7-10-14-20)25(32)34-19-21-15-11-8-12-16-21/h7-16,22-23H,17-19H2,1-6H3/t22-,23?/m0/s1. The van der Waals surface area contributed by atoms with Crippen LogP contribution in [0.3, 0.4) is 0 Å². The second-order valence-electron chi connectivity index (χ2n) is 10.2. The fourth-order valence-electron chi connectivity index (χ4n) is 3.34. The van der Waals surface area contributed by atoms with Crippen molar-refractivity contribution in [3.05, 3.63) is 71.8 Å². The summed E-state index contributed by atoms with van der Waals surface area (Å²) in [6.07, 6.45) is -2.39. The van der Waals surface area contributed by atoms with E-state index in [0.29, 0.717) is 0 Å². The van der Waals surface area contributed by atoms with Crippen molar-refractivity contribution in [1.82, 2.24) is 4.90 Å². The number of amides is 1. The number of halogens is 1. The summed E-state index contributed by atoms with van der Waals surface area (Å²) in [6.45, 7) is 7.65. The van der Waals surface area contributed by atoms with Crippen LogP contribution in [0.1, 0.15) is 52.2 Å². The van der Waals surface area contributed by atoms with Crippen molar-refractivity contribution in [2.45, 2.75) is 77.5 Å². The van der Waals surface area contributed by atoms with Crippen LogP contribution in [0.4, 0.5) is 9.18 Å². The molecule has 0 saturated heterocycles. The third kappa shape index (κ3) is 10.1. The molecule has 0 spiro atoms. The maximum Gasteiger partial charge on any atom is 0.410 e. The van der Waals surface area contributed by atoms with Crippen LogP contribution in [0, 0.1) is 0 Å². The first-order chi connectivity index (χ1) is 16.7. The van der Waals surface area contributed by atoms with E-state index < -0.39 is 41.4 Å². The van der Waals surface area contributed by atoms with Gasteiger partial charge in [-0.15, -0.1) is 0 Å². The Bertz CT molecular complexity index is 998. The molecule has 0 fully saturated rings. The van der Waals surface area contributed by atoms with Gasteiger partial charge in [0.25, 0.3) is 0 Å². The molecule has 1 unspecified atom stereocenters. The van der Waals surface area contributed by atoms with E-state index in [0.717, 1.165) is 16.0 Å². The highest BCUT2D eigenvalue weighted by atomic mass is 19.1. The minimum Gasteiger partial charge on any atom is -0.458 e. The van der Waals surface area contributed by atoms with Gasteiger partial charge in [-0.05, 0) is 45.7 Å². The highest BCUT2D eigenvalue weighted by Crippen LogP contribution is 2.23. The van der Waals surface area contributed by atoms with E-state index >= 15 is 0 Å². The third-order valence-electron chi connectivity index (χ3n) is 5.11. The fraction of sp³-hybridized carbons (Fsp3) is 0.464. The summed E-state index contributed by atoms with van der Waals surface area (Å²) in [7, 11) is 1.34. The maximum atomic E-state index is 14.6. The van der Waals surface area contributed by atoms with Gasteiger partial charge in [-0.25, -0.2) is 18.8 Å². The number of carbonyl (C=O) groups excluding carboxylic acids is 3. The van der Waals surface area contributed by atoms with Crippen LogP contribution < -0.4 is 0 Å². The van der Waals surface area contributed by atoms with Crippen LogP contribution in [0.15, 0.2) is 60.7 Å². The zero-order valence-corrected chi connectivity index (χ0v) is 21.8. The number of hydrogen-bond donors (Lipinski definition) is 0. The van der Waals surface area contributed by atoms with E-state index in [9.17, 15) is 18.8 Å². The number of carbonyl (C=O) groups is 3. The molecule has 2 aromatic carbocycles. The van der Waals surface area contributed by atoms with Gasteiger partial charge in [0.15, 0.2) is 0 Å². The molecule has 196 valence electrons. The van der Waals surface area contributed by atoms with Gasteiger partial charge in [0.05, 0.1) is 0 Å². The molecule has 0 radical (unpaired) electrons. The van der Waals surface area contributed by atoms with Crippen molar-refractivity contribution < 1.29 is 33.0 Å². The second kappa shape index (κ2) is 12.5. The van der Waals surface area contributed by atoms with Crippen molar-refractivity contribution in [1.29, 1.82) is 0 Å². The molecule has 0 heterocycles. The summed E-state index contributed by atoms with van der Waals surface area (Å²) >= 11 is 0. The molecule has 8 heteroatoms. The van der Waals surface area contributed by atoms with Gasteiger partial charge in [-0.3, -0.25) is 4.90 Å². The lowest BCUT2D eigenvalue weighted by atomic mass is 10.00. The number of ether oxygens (including phenoxy) is 3. The van der Waals surface area contributed by atoms with E-state index in [1.165, 1.54) is 20.9 Å². The Morgan fingerprint density at radius 3 is 1.89 bits per heavy atom. The summed E-state index contributed by atoms with van der Waals surface area (Å²) in [6, 6.07) is 16.8. The topological polar surface area (TPSA) is 82.1 Å². The quantitative estimate of drug-likeness (QED) is 0.326. The van der Waals surface area contributed by atoms with E-state index in [2.05, 4.69) is 0 Å². The molecule has 2 aromatic rings. The Morgan fingerprint density at radius 1 is 0.861 bits per heavy atom. The normalized spacial score (nSPS) is 13.3. The Labute approximate surface area is 212 Å². The predicted molar refractivity (Wildman–Crippen MR) is 134 cm³/mol. The monoisotopic (exact) mass is 501 g/mol. The Hall–Kier alpha value is -3.42. The molecule has 0 aliphatic rings. The lowest BCUT2D eigenvalue weighted by molar-refractivity contribution is -0.172. The molecular formula is C28H36FNO6. The van der Waals surface area contributed by atoms with Crippen molar-refractivity contribution in [3.63, 3.8) is 0 Å². The molecule has 36 heavy (non-hydrogen) atoms. The minimum absolute atomic E-state index is 0.00125. The smallest absolute Gasteiger partial charge is 0.410 e. The van der Waals surface area contributed by atoms with Crippen LogP contribution in [0.2, 0.25) is 0 Å². The molecule has 0 aliphatic carbocycles. The average molecular weight is 502 g/mol. The number of nitrogens with zero attached hydrogens (tertiary/aromatic N) is 1. The van der Waals surface area contributed by atoms with Gasteiger partial charge in [-0.2, -0.15) is 0 Å². The van der Waals surface area contributed by atoms with E-state index in [1.54, 1.807) is 57.2 Å². The SMILES string of the molecule is CN(C(=O)OC(C)(C)C)[C@@H](CC(C)(C)F)C(=O)OC(Cc1ccccc1)C(=O)OCc1ccccc1. The van der Waals surface area contributed by atoms with Crippen LogP contribution in [-0.4, -0.2) is 53.4 Å². The Kier molecular flexibility index (Phi) is 10.0. The van der Waals surface area contributed by atoms with Gasteiger partial charge in [0.2, 0.25) is 6.10 Å². The van der Waals surface area contributed by atoms with Crippen LogP contribution >= 0.6 is 0 Å². The van der Waals surface area contributed by atoms with E-state index in [-0.39, 0.29) is 19.4 Å². The number of alkyl halides is 1. The number of likely N-dealkylation sites (N-methyl/N-ethyl adjacent to an activating group) is 1. The molecule has 2 atom stereocenters. The van der Waals surface area contributed by atoms with Crippen molar-refractivity contribution in [2.75, 3.05) is 7.05 Å². The van der Waals surface area contributed by atoms with Crippen LogP contribution in [0.5, 0.6) is 0 Å². The average Bonchev–Trinajstić information content (AvgIpc) is 2.79. The van der Waals surface area contributed by atoms with E-state index in [4.69, 9.17) is 14.2 Å². The lowest BCUT2D eigenvalue weighted by Gasteiger charge is -2.32. The van der Waals surface area contributed by atoms with Crippen molar-refractivity contribution >= 4 is 18.0 Å². The number of rotatable bonds is 10. The van der Waals surface area contributed by atoms with Gasteiger partial charge in [0.1, 0.15) is 23.9 Å². The summed E-state index contributed by atoms with van der Waals surface area (Å²) in [5.74, 6) is -1.67. The lowest BCUT2D eigenvalue weighted by Crippen LogP contribution is -2.49. The first kappa shape index (κ1) is 28.8. The molecular weight excluding hydrogens is 465 g/mol. The Morgan fingerprint density at radius 2 is 1.39 bits per heavy atom. The molecule has 1 amide bonds. The van der Waals surface area contributed by atoms with Crippen LogP contribution in [-0.2, 0) is 36.8 Å². The van der Waals surface area contributed by atoms with Crippen molar-refractivity contribution in [3.8, 4) is 0 Å². The molecule has 0 aromatic heterocycles. The number of esters is 2. The summed E-state index contributed by atoms with van der Waals surface area (Å²) in [5.41, 5.74) is -1.10. The fourth-order valence-corrected chi connectivity index (χ4v) is 3.34. The highest BCUT2D eigenvalue weighted by Gasteiger charge is 2.38. The molecule has 0 N–H and O–H groups in total. The predicted octanol–water partition coefficient (Wildman–Crippen LogP) is 5.26. The minimum atomic E-state index is -1.80. The molecule has 0 saturated carbocycles. The Balaban J connectivity index is 2.24. The molecule has 0 aliphatic heterocycles. The third-order valence-corrected chi connectivity index (χ3v) is 5.11. The largest absolute Gasteiger partial charge is 0.458 e. The molecule has 0 bridgehead atoms.